The summed E-state index contributed by atoms with van der Waals surface area (Å²) in [5.41, 5.74) is 0. The van der Waals surface area contributed by atoms with Gasteiger partial charge in [0.15, 0.2) is 12.0 Å². The highest BCUT2D eigenvalue weighted by Crippen LogP contribution is 2.07. The third-order valence-electron chi connectivity index (χ3n) is 1.65. The molecule has 0 radical (unpaired) electrons. The summed E-state index contributed by atoms with van der Waals surface area (Å²) in [6, 6.07) is 0. The summed E-state index contributed by atoms with van der Waals surface area (Å²) in [5, 5.41) is 14.2. The van der Waals surface area contributed by atoms with Crippen LogP contribution in [0.25, 0.3) is 0 Å². The first kappa shape index (κ1) is 14.3. The number of rotatable bonds is 7. The van der Waals surface area contributed by atoms with Gasteiger partial charge in [0, 0.05) is 6.42 Å². The molecule has 0 fully saturated rings. The molecule has 15 heavy (non-hydrogen) atoms. The molecular formula is C10H18N2O2S. The molecular weight excluding hydrogens is 212 g/mol. The van der Waals surface area contributed by atoms with E-state index in [2.05, 4.69) is 16.9 Å². The third-order valence-corrected chi connectivity index (χ3v) is 2.41. The normalized spacial score (nSPS) is 13.7. The summed E-state index contributed by atoms with van der Waals surface area (Å²) in [5.74, 6) is 0.0861. The van der Waals surface area contributed by atoms with Crippen molar-refractivity contribution in [3.63, 3.8) is 0 Å². The van der Waals surface area contributed by atoms with Gasteiger partial charge in [0.2, 0.25) is 0 Å². The number of carbonyl (C=O) groups is 1. The van der Waals surface area contributed by atoms with Gasteiger partial charge in [-0.05, 0) is 18.9 Å². The molecule has 1 unspecified atom stereocenters. The first-order valence-corrected chi connectivity index (χ1v) is 5.72. The van der Waals surface area contributed by atoms with Gasteiger partial charge >= 0.3 is 0 Å². The molecule has 0 amide bonds. The van der Waals surface area contributed by atoms with Crippen LogP contribution in [-0.4, -0.2) is 35.8 Å². The van der Waals surface area contributed by atoms with Gasteiger partial charge in [-0.2, -0.15) is 0 Å². The molecule has 0 bridgehead atoms. The molecule has 0 aliphatic heterocycles. The molecule has 0 saturated carbocycles. The molecule has 0 heterocycles. The summed E-state index contributed by atoms with van der Waals surface area (Å²) < 4.78 is 0. The Morgan fingerprint density at radius 1 is 1.73 bits per heavy atom. The molecule has 86 valence electrons. The number of aliphatic hydroxyl groups is 1. The van der Waals surface area contributed by atoms with E-state index in [1.54, 1.807) is 12.5 Å². The van der Waals surface area contributed by atoms with E-state index in [-0.39, 0.29) is 12.3 Å². The molecule has 0 aromatic heterocycles. The zero-order chi connectivity index (χ0) is 11.7. The van der Waals surface area contributed by atoms with E-state index in [1.165, 1.54) is 11.8 Å². The largest absolute Gasteiger partial charge is 0.372 e. The molecule has 0 aromatic rings. The number of aliphatic imine (C=N–C) groups is 1. The van der Waals surface area contributed by atoms with Crippen LogP contribution in [0.1, 0.15) is 19.8 Å². The van der Waals surface area contributed by atoms with Gasteiger partial charge in [-0.25, -0.2) is 0 Å². The Bertz CT molecular complexity index is 242. The van der Waals surface area contributed by atoms with Crippen molar-refractivity contribution in [2.45, 2.75) is 26.0 Å². The molecule has 2 N–H and O–H groups in total. The first-order valence-electron chi connectivity index (χ1n) is 4.84. The molecule has 4 nitrogen and oxygen atoms in total. The lowest BCUT2D eigenvalue weighted by Gasteiger charge is -2.10. The van der Waals surface area contributed by atoms with E-state index in [4.69, 9.17) is 0 Å². The highest BCUT2D eigenvalue weighted by molar-refractivity contribution is 8.16. The van der Waals surface area contributed by atoms with Crippen LogP contribution in [0.4, 0.5) is 0 Å². The van der Waals surface area contributed by atoms with Crippen LogP contribution in [0.3, 0.4) is 0 Å². The SMILES string of the molecule is C=CSC(=NCC(=O)CCC)C(O)NC. The van der Waals surface area contributed by atoms with Gasteiger partial charge in [-0.15, -0.1) is 0 Å². The van der Waals surface area contributed by atoms with Crippen molar-refractivity contribution >= 4 is 22.6 Å². The minimum Gasteiger partial charge on any atom is -0.372 e. The fourth-order valence-corrected chi connectivity index (χ4v) is 1.48. The zero-order valence-electron chi connectivity index (χ0n) is 9.19. The smallest absolute Gasteiger partial charge is 0.154 e. The second-order valence-electron chi connectivity index (χ2n) is 2.92. The average Bonchev–Trinajstić information content (AvgIpc) is 2.23. The number of thioether (sulfide) groups is 1. The molecule has 0 rings (SSSR count). The zero-order valence-corrected chi connectivity index (χ0v) is 10.0. The van der Waals surface area contributed by atoms with Gasteiger partial charge in [0.05, 0.1) is 6.54 Å². The second kappa shape index (κ2) is 8.64. The summed E-state index contributed by atoms with van der Waals surface area (Å²) in [4.78, 5) is 15.3. The molecule has 0 aliphatic rings. The van der Waals surface area contributed by atoms with Crippen LogP contribution >= 0.6 is 11.8 Å². The van der Waals surface area contributed by atoms with Gasteiger partial charge in [0.25, 0.3) is 0 Å². The third kappa shape index (κ3) is 6.43. The number of ketones is 1. The Morgan fingerprint density at radius 3 is 2.87 bits per heavy atom. The van der Waals surface area contributed by atoms with Crippen molar-refractivity contribution in [2.75, 3.05) is 13.6 Å². The number of aliphatic hydroxyl groups excluding tert-OH is 1. The van der Waals surface area contributed by atoms with E-state index >= 15 is 0 Å². The lowest BCUT2D eigenvalue weighted by molar-refractivity contribution is -0.117. The second-order valence-corrected chi connectivity index (χ2v) is 3.91. The predicted octanol–water partition coefficient (Wildman–Crippen LogP) is 1.17. The molecule has 0 aliphatic carbocycles. The van der Waals surface area contributed by atoms with Gasteiger partial charge in [-0.1, -0.05) is 25.3 Å². The van der Waals surface area contributed by atoms with Crippen molar-refractivity contribution in [1.29, 1.82) is 0 Å². The Morgan fingerprint density at radius 2 is 2.40 bits per heavy atom. The molecule has 0 spiro atoms. The van der Waals surface area contributed by atoms with Crippen molar-refractivity contribution in [3.8, 4) is 0 Å². The highest BCUT2D eigenvalue weighted by atomic mass is 32.2. The van der Waals surface area contributed by atoms with Gasteiger partial charge in [0.1, 0.15) is 5.04 Å². The maximum Gasteiger partial charge on any atom is 0.154 e. The first-order chi connectivity index (χ1) is 7.15. The number of nitrogens with one attached hydrogen (secondary N) is 1. The van der Waals surface area contributed by atoms with Crippen LogP contribution in [0.5, 0.6) is 0 Å². The number of Topliss-reactive ketones (excluding diaryl/α,β-unsaturated/α-hetero) is 1. The minimum atomic E-state index is -0.831. The summed E-state index contributed by atoms with van der Waals surface area (Å²) in [7, 11) is 1.62. The number of hydrogen-bond donors (Lipinski definition) is 2. The van der Waals surface area contributed by atoms with E-state index in [9.17, 15) is 9.90 Å². The molecule has 0 saturated heterocycles. The Balaban J connectivity index is 4.27. The maximum atomic E-state index is 11.2. The van der Waals surface area contributed by atoms with Crippen LogP contribution in [-0.2, 0) is 4.79 Å². The number of carbonyl (C=O) groups excluding carboxylic acids is 1. The van der Waals surface area contributed by atoms with Crippen molar-refractivity contribution in [2.24, 2.45) is 4.99 Å². The van der Waals surface area contributed by atoms with E-state index in [0.717, 1.165) is 6.42 Å². The van der Waals surface area contributed by atoms with Crippen molar-refractivity contribution in [3.05, 3.63) is 12.0 Å². The standard InChI is InChI=1S/C10H18N2O2S/c1-4-6-8(13)7-12-10(15-5-2)9(14)11-3/h5,9,11,14H,2,4,6-7H2,1,3H3. The Hall–Kier alpha value is -0.650. The van der Waals surface area contributed by atoms with Crippen LogP contribution in [0, 0.1) is 0 Å². The van der Waals surface area contributed by atoms with Crippen molar-refractivity contribution in [1.82, 2.24) is 5.32 Å². The molecule has 0 aromatic carbocycles. The van der Waals surface area contributed by atoms with Gasteiger partial charge in [-0.3, -0.25) is 15.1 Å². The lowest BCUT2D eigenvalue weighted by atomic mass is 10.2. The van der Waals surface area contributed by atoms with Gasteiger partial charge < -0.3 is 5.11 Å². The fourth-order valence-electron chi connectivity index (χ4n) is 0.921. The van der Waals surface area contributed by atoms with E-state index in [0.29, 0.717) is 11.5 Å². The quantitative estimate of drug-likeness (QED) is 0.391. The van der Waals surface area contributed by atoms with Crippen LogP contribution in [0.2, 0.25) is 0 Å². The summed E-state index contributed by atoms with van der Waals surface area (Å²) in [6.07, 6.45) is 0.528. The number of nitrogens with zero attached hydrogens (tertiary/aromatic N) is 1. The fraction of sp³-hybridized carbons (Fsp3) is 0.600. The lowest BCUT2D eigenvalue weighted by Crippen LogP contribution is -2.32. The van der Waals surface area contributed by atoms with Crippen molar-refractivity contribution < 1.29 is 9.90 Å². The Kier molecular flexibility index (Phi) is 8.27. The van der Waals surface area contributed by atoms with E-state index in [1.807, 2.05) is 6.92 Å². The monoisotopic (exact) mass is 230 g/mol. The Labute approximate surface area is 94.9 Å². The highest BCUT2D eigenvalue weighted by Gasteiger charge is 2.09. The molecule has 1 atom stereocenters. The predicted molar refractivity (Wildman–Crippen MR) is 65.1 cm³/mol. The van der Waals surface area contributed by atoms with Crippen LogP contribution < -0.4 is 5.32 Å². The summed E-state index contributed by atoms with van der Waals surface area (Å²) in [6.45, 7) is 5.61. The average molecular weight is 230 g/mol. The van der Waals surface area contributed by atoms with E-state index < -0.39 is 6.23 Å². The topological polar surface area (TPSA) is 61.7 Å². The molecule has 5 heteroatoms. The minimum absolute atomic E-state index is 0.0861. The maximum absolute atomic E-state index is 11.2. The summed E-state index contributed by atoms with van der Waals surface area (Å²) >= 11 is 1.22. The van der Waals surface area contributed by atoms with Crippen LogP contribution in [0.15, 0.2) is 17.0 Å². The number of hydrogen-bond acceptors (Lipinski definition) is 5.